The van der Waals surface area contributed by atoms with Gasteiger partial charge in [0, 0.05) is 19.1 Å². The van der Waals surface area contributed by atoms with E-state index in [1.165, 1.54) is 6.20 Å². The molecular weight excluding hydrogens is 328 g/mol. The Kier molecular flexibility index (Phi) is 7.24. The topological polar surface area (TPSA) is 67.4 Å². The van der Waals surface area contributed by atoms with Gasteiger partial charge in [-0.3, -0.25) is 4.79 Å². The SMILES string of the molecule is CC(C)CCCC(C)NC(=O)c1nc(N2CCOCC2)ncc1Cl. The van der Waals surface area contributed by atoms with Crippen LogP contribution in [0.2, 0.25) is 5.02 Å². The Balaban J connectivity index is 1.97. The molecule has 2 rings (SSSR count). The molecule has 0 spiro atoms. The second-order valence-electron chi connectivity index (χ2n) is 6.67. The van der Waals surface area contributed by atoms with Crippen LogP contribution in [0, 0.1) is 5.92 Å². The highest BCUT2D eigenvalue weighted by molar-refractivity contribution is 6.33. The van der Waals surface area contributed by atoms with E-state index in [2.05, 4.69) is 29.1 Å². The van der Waals surface area contributed by atoms with Gasteiger partial charge >= 0.3 is 0 Å². The van der Waals surface area contributed by atoms with Crippen molar-refractivity contribution in [3.8, 4) is 0 Å². The van der Waals surface area contributed by atoms with E-state index in [9.17, 15) is 4.79 Å². The number of ether oxygens (including phenoxy) is 1. The zero-order chi connectivity index (χ0) is 17.5. The number of hydrogen-bond acceptors (Lipinski definition) is 5. The fourth-order valence-corrected chi connectivity index (χ4v) is 2.81. The number of amides is 1. The fourth-order valence-electron chi connectivity index (χ4n) is 2.63. The minimum atomic E-state index is -0.242. The van der Waals surface area contributed by atoms with Gasteiger partial charge in [0.15, 0.2) is 5.69 Å². The molecule has 1 atom stereocenters. The molecule has 0 bridgehead atoms. The standard InChI is InChI=1S/C17H27ClN4O2/c1-12(2)5-4-6-13(3)20-16(23)15-14(18)11-19-17(21-15)22-7-9-24-10-8-22/h11-13H,4-10H2,1-3H3,(H,20,23). The summed E-state index contributed by atoms with van der Waals surface area (Å²) < 4.78 is 5.33. The van der Waals surface area contributed by atoms with E-state index < -0.39 is 0 Å². The molecule has 1 N–H and O–H groups in total. The molecule has 0 saturated carbocycles. The van der Waals surface area contributed by atoms with E-state index >= 15 is 0 Å². The number of nitrogens with one attached hydrogen (secondary N) is 1. The summed E-state index contributed by atoms with van der Waals surface area (Å²) in [4.78, 5) is 23.1. The minimum absolute atomic E-state index is 0.0918. The number of nitrogens with zero attached hydrogens (tertiary/aromatic N) is 3. The van der Waals surface area contributed by atoms with Gasteiger partial charge in [0.1, 0.15) is 0 Å². The van der Waals surface area contributed by atoms with Crippen LogP contribution in [0.4, 0.5) is 5.95 Å². The first-order chi connectivity index (χ1) is 11.5. The van der Waals surface area contributed by atoms with Crippen LogP contribution in [0.25, 0.3) is 0 Å². The smallest absolute Gasteiger partial charge is 0.271 e. The van der Waals surface area contributed by atoms with Crippen LogP contribution < -0.4 is 10.2 Å². The van der Waals surface area contributed by atoms with Crippen LogP contribution in [0.3, 0.4) is 0 Å². The lowest BCUT2D eigenvalue weighted by atomic mass is 10.0. The summed E-state index contributed by atoms with van der Waals surface area (Å²) in [6.07, 6.45) is 4.70. The third-order valence-corrected chi connectivity index (χ3v) is 4.31. The fraction of sp³-hybridized carbons (Fsp3) is 0.706. The van der Waals surface area contributed by atoms with Crippen molar-refractivity contribution in [2.45, 2.75) is 46.1 Å². The van der Waals surface area contributed by atoms with Gasteiger partial charge in [-0.05, 0) is 19.3 Å². The molecule has 6 nitrogen and oxygen atoms in total. The highest BCUT2D eigenvalue weighted by Crippen LogP contribution is 2.18. The summed E-state index contributed by atoms with van der Waals surface area (Å²) in [5, 5.41) is 3.26. The molecule has 7 heteroatoms. The van der Waals surface area contributed by atoms with E-state index in [-0.39, 0.29) is 22.7 Å². The molecule has 0 aromatic carbocycles. The normalized spacial score (nSPS) is 16.3. The van der Waals surface area contributed by atoms with Crippen molar-refractivity contribution in [2.75, 3.05) is 31.2 Å². The van der Waals surface area contributed by atoms with Crippen molar-refractivity contribution in [1.29, 1.82) is 0 Å². The van der Waals surface area contributed by atoms with E-state index in [1.54, 1.807) is 0 Å². The summed E-state index contributed by atoms with van der Waals surface area (Å²) in [6.45, 7) is 9.13. The second kappa shape index (κ2) is 9.18. The van der Waals surface area contributed by atoms with Crippen molar-refractivity contribution < 1.29 is 9.53 Å². The average Bonchev–Trinajstić information content (AvgIpc) is 2.55. The summed E-state index contributed by atoms with van der Waals surface area (Å²) in [6, 6.07) is 0.0918. The Morgan fingerprint density at radius 2 is 2.04 bits per heavy atom. The first kappa shape index (κ1) is 18.9. The molecule has 1 unspecified atom stereocenters. The zero-order valence-electron chi connectivity index (χ0n) is 14.7. The molecule has 134 valence electrons. The molecule has 2 heterocycles. The van der Waals surface area contributed by atoms with E-state index in [1.807, 2.05) is 11.8 Å². The van der Waals surface area contributed by atoms with Crippen LogP contribution in [0.5, 0.6) is 0 Å². The van der Waals surface area contributed by atoms with Crippen molar-refractivity contribution in [2.24, 2.45) is 5.92 Å². The molecule has 1 amide bonds. The van der Waals surface area contributed by atoms with Crippen LogP contribution in [-0.4, -0.2) is 48.2 Å². The average molecular weight is 355 g/mol. The number of rotatable bonds is 7. The summed E-state index contributed by atoms with van der Waals surface area (Å²) in [5.41, 5.74) is 0.240. The monoisotopic (exact) mass is 354 g/mol. The van der Waals surface area contributed by atoms with Crippen LogP contribution in [0.15, 0.2) is 6.20 Å². The van der Waals surface area contributed by atoms with Gasteiger partial charge in [0.25, 0.3) is 5.91 Å². The number of hydrogen-bond donors (Lipinski definition) is 1. The minimum Gasteiger partial charge on any atom is -0.378 e. The Hall–Kier alpha value is -1.40. The van der Waals surface area contributed by atoms with E-state index in [0.717, 1.165) is 19.3 Å². The molecule has 1 aromatic heterocycles. The Morgan fingerprint density at radius 1 is 1.33 bits per heavy atom. The maximum atomic E-state index is 12.5. The Morgan fingerprint density at radius 3 is 2.71 bits per heavy atom. The van der Waals surface area contributed by atoms with E-state index in [0.29, 0.717) is 38.2 Å². The zero-order valence-corrected chi connectivity index (χ0v) is 15.5. The van der Waals surface area contributed by atoms with Gasteiger partial charge in [-0.2, -0.15) is 0 Å². The third kappa shape index (κ3) is 5.60. The first-order valence-electron chi connectivity index (χ1n) is 8.63. The van der Waals surface area contributed by atoms with Crippen LogP contribution in [-0.2, 0) is 4.74 Å². The molecule has 0 aliphatic carbocycles. The number of morpholine rings is 1. The lowest BCUT2D eigenvalue weighted by Crippen LogP contribution is -2.38. The summed E-state index contributed by atoms with van der Waals surface area (Å²) in [5.74, 6) is 0.967. The Bertz CT molecular complexity index is 547. The van der Waals surface area contributed by atoms with Gasteiger partial charge in [-0.25, -0.2) is 9.97 Å². The molecule has 1 fully saturated rings. The molecular formula is C17H27ClN4O2. The number of carbonyl (C=O) groups excluding carboxylic acids is 1. The maximum absolute atomic E-state index is 12.5. The summed E-state index contributed by atoms with van der Waals surface area (Å²) in [7, 11) is 0. The summed E-state index contributed by atoms with van der Waals surface area (Å²) >= 11 is 6.13. The van der Waals surface area contributed by atoms with Crippen molar-refractivity contribution in [1.82, 2.24) is 15.3 Å². The van der Waals surface area contributed by atoms with Crippen molar-refractivity contribution in [3.63, 3.8) is 0 Å². The quantitative estimate of drug-likeness (QED) is 0.815. The number of carbonyl (C=O) groups is 1. The lowest BCUT2D eigenvalue weighted by Gasteiger charge is -2.27. The molecule has 1 saturated heterocycles. The van der Waals surface area contributed by atoms with Crippen molar-refractivity contribution in [3.05, 3.63) is 16.9 Å². The third-order valence-electron chi connectivity index (χ3n) is 4.04. The molecule has 24 heavy (non-hydrogen) atoms. The predicted molar refractivity (Wildman–Crippen MR) is 95.7 cm³/mol. The first-order valence-corrected chi connectivity index (χ1v) is 9.01. The maximum Gasteiger partial charge on any atom is 0.271 e. The highest BCUT2D eigenvalue weighted by atomic mass is 35.5. The molecule has 0 radical (unpaired) electrons. The highest BCUT2D eigenvalue weighted by Gasteiger charge is 2.20. The number of aromatic nitrogens is 2. The predicted octanol–water partition coefficient (Wildman–Crippen LogP) is 2.91. The number of anilines is 1. The second-order valence-corrected chi connectivity index (χ2v) is 7.07. The number of halogens is 1. The lowest BCUT2D eigenvalue weighted by molar-refractivity contribution is 0.0932. The molecule has 1 aliphatic heterocycles. The largest absolute Gasteiger partial charge is 0.378 e. The van der Waals surface area contributed by atoms with Gasteiger partial charge in [-0.1, -0.05) is 38.3 Å². The van der Waals surface area contributed by atoms with Crippen LogP contribution in [0.1, 0.15) is 50.5 Å². The van der Waals surface area contributed by atoms with Crippen LogP contribution >= 0.6 is 11.6 Å². The molecule has 1 aliphatic rings. The van der Waals surface area contributed by atoms with Gasteiger partial charge in [0.2, 0.25) is 5.95 Å². The van der Waals surface area contributed by atoms with Gasteiger partial charge in [-0.15, -0.1) is 0 Å². The van der Waals surface area contributed by atoms with E-state index in [4.69, 9.17) is 16.3 Å². The van der Waals surface area contributed by atoms with Gasteiger partial charge < -0.3 is 15.0 Å². The molecule has 1 aromatic rings. The Labute approximate surface area is 148 Å². The van der Waals surface area contributed by atoms with Gasteiger partial charge in [0.05, 0.1) is 24.4 Å². The van der Waals surface area contributed by atoms with Crippen molar-refractivity contribution >= 4 is 23.5 Å².